The van der Waals surface area contributed by atoms with E-state index in [0.29, 0.717) is 11.4 Å². The maximum Gasteiger partial charge on any atom is 0.247 e. The van der Waals surface area contributed by atoms with Gasteiger partial charge in [-0.1, -0.05) is 45.8 Å². The molecule has 7 atom stereocenters. The molecule has 2 aliphatic rings. The fraction of sp³-hybridized carbons (Fsp3) is 0.593. The molecule has 8 heteroatoms. The molecule has 35 heavy (non-hydrogen) atoms. The molecule has 192 valence electrons. The van der Waals surface area contributed by atoms with Gasteiger partial charge in [-0.3, -0.25) is 14.4 Å². The number of ether oxygens (including phenoxy) is 1. The van der Waals surface area contributed by atoms with Crippen molar-refractivity contribution in [2.45, 2.75) is 52.1 Å². The summed E-state index contributed by atoms with van der Waals surface area (Å²) < 4.78 is 5.19. The Bertz CT molecular complexity index is 931. The summed E-state index contributed by atoms with van der Waals surface area (Å²) in [4.78, 5) is 42.3. The molecule has 0 saturated carbocycles. The molecule has 1 aliphatic carbocycles. The summed E-state index contributed by atoms with van der Waals surface area (Å²) in [6.45, 7) is 5.77. The fourth-order valence-electron chi connectivity index (χ4n) is 5.64. The highest BCUT2D eigenvalue weighted by molar-refractivity contribution is 6.02. The molecule has 0 unspecified atom stereocenters. The number of aliphatic hydroxyl groups excluding tert-OH is 1. The highest BCUT2D eigenvalue weighted by atomic mass is 16.5. The van der Waals surface area contributed by atoms with Crippen molar-refractivity contribution in [3.05, 3.63) is 36.4 Å². The third-order valence-electron chi connectivity index (χ3n) is 7.69. The quantitative estimate of drug-likeness (QED) is 0.442. The van der Waals surface area contributed by atoms with Crippen molar-refractivity contribution in [1.29, 1.82) is 0 Å². The van der Waals surface area contributed by atoms with Gasteiger partial charge in [0.25, 0.3) is 0 Å². The number of likely N-dealkylation sites (tertiary alicyclic amines) is 1. The highest BCUT2D eigenvalue weighted by Crippen LogP contribution is 2.46. The van der Waals surface area contributed by atoms with E-state index in [1.165, 1.54) is 0 Å². The van der Waals surface area contributed by atoms with E-state index in [2.05, 4.69) is 17.6 Å². The third-order valence-corrected chi connectivity index (χ3v) is 7.69. The van der Waals surface area contributed by atoms with Crippen LogP contribution in [0.15, 0.2) is 36.4 Å². The molecule has 1 aromatic carbocycles. The lowest BCUT2D eigenvalue weighted by atomic mass is 9.68. The second kappa shape index (κ2) is 11.7. The minimum Gasteiger partial charge on any atom is -0.497 e. The minimum atomic E-state index is -0.827. The largest absolute Gasteiger partial charge is 0.497 e. The molecule has 8 nitrogen and oxygen atoms in total. The van der Waals surface area contributed by atoms with Crippen molar-refractivity contribution >= 4 is 23.4 Å². The molecule has 0 aromatic heterocycles. The molecule has 1 heterocycles. The van der Waals surface area contributed by atoms with Crippen molar-refractivity contribution in [2.24, 2.45) is 29.6 Å². The van der Waals surface area contributed by atoms with Crippen LogP contribution in [-0.2, 0) is 14.4 Å². The van der Waals surface area contributed by atoms with Gasteiger partial charge in [-0.05, 0) is 42.5 Å². The number of allylic oxidation sites excluding steroid dienone is 1. The van der Waals surface area contributed by atoms with Crippen LogP contribution < -0.4 is 15.4 Å². The summed E-state index contributed by atoms with van der Waals surface area (Å²) in [7, 11) is 3.16. The van der Waals surface area contributed by atoms with Crippen LogP contribution in [0.5, 0.6) is 5.75 Å². The van der Waals surface area contributed by atoms with Gasteiger partial charge in [0.05, 0.1) is 31.6 Å². The Morgan fingerprint density at radius 2 is 1.83 bits per heavy atom. The van der Waals surface area contributed by atoms with Crippen LogP contribution in [0, 0.1) is 29.6 Å². The first-order valence-corrected chi connectivity index (χ1v) is 12.6. The van der Waals surface area contributed by atoms with E-state index in [1.54, 1.807) is 43.3 Å². The van der Waals surface area contributed by atoms with Gasteiger partial charge in [-0.15, -0.1) is 0 Å². The topological polar surface area (TPSA) is 108 Å². The first-order valence-electron chi connectivity index (χ1n) is 12.6. The Morgan fingerprint density at radius 1 is 1.14 bits per heavy atom. The maximum atomic E-state index is 14.0. The smallest absolute Gasteiger partial charge is 0.247 e. The van der Waals surface area contributed by atoms with Gasteiger partial charge >= 0.3 is 0 Å². The molecule has 3 rings (SSSR count). The summed E-state index contributed by atoms with van der Waals surface area (Å²) in [6.07, 6.45) is 6.36. The van der Waals surface area contributed by atoms with Crippen molar-refractivity contribution in [3.63, 3.8) is 0 Å². The van der Waals surface area contributed by atoms with E-state index in [9.17, 15) is 19.5 Å². The molecule has 1 saturated heterocycles. The fourth-order valence-corrected chi connectivity index (χ4v) is 5.64. The summed E-state index contributed by atoms with van der Waals surface area (Å²) in [5.74, 6) is -1.84. The van der Waals surface area contributed by atoms with Gasteiger partial charge in [0.2, 0.25) is 17.7 Å². The van der Waals surface area contributed by atoms with E-state index in [-0.39, 0.29) is 36.2 Å². The Balaban J connectivity index is 2.04. The Hall–Kier alpha value is -2.87. The van der Waals surface area contributed by atoms with E-state index in [1.807, 2.05) is 26.0 Å². The standard InChI is InChI=1S/C27H39N3O5/c1-6-8-17-9-14-20-23(22(17)25(32)28-4)27(34)30(21(15-31)16(3)7-2)24(20)26(33)29-18-10-12-19(35-5)13-11-18/h9-14,16-17,20-24,31H,6-8,15H2,1-5H3,(H,28,32)(H,29,33)/t16-,17+,20-,21-,22+,23+,24-/m0/s1. The lowest BCUT2D eigenvalue weighted by Crippen LogP contribution is -2.52. The molecular weight excluding hydrogens is 446 g/mol. The number of anilines is 1. The molecule has 0 spiro atoms. The summed E-state index contributed by atoms with van der Waals surface area (Å²) in [5.41, 5.74) is 0.585. The molecule has 0 bridgehead atoms. The maximum absolute atomic E-state index is 14.0. The van der Waals surface area contributed by atoms with Crippen molar-refractivity contribution < 1.29 is 24.2 Å². The second-order valence-electron chi connectivity index (χ2n) is 9.62. The molecule has 3 amide bonds. The van der Waals surface area contributed by atoms with Crippen LogP contribution in [0.2, 0.25) is 0 Å². The minimum absolute atomic E-state index is 0.0192. The molecule has 1 aliphatic heterocycles. The number of aliphatic hydroxyl groups is 1. The first-order chi connectivity index (χ1) is 16.8. The second-order valence-corrected chi connectivity index (χ2v) is 9.62. The number of rotatable bonds is 10. The van der Waals surface area contributed by atoms with E-state index in [4.69, 9.17) is 4.74 Å². The number of nitrogens with zero attached hydrogens (tertiary/aromatic N) is 1. The zero-order chi connectivity index (χ0) is 25.7. The van der Waals surface area contributed by atoms with Crippen LogP contribution in [0.25, 0.3) is 0 Å². The molecular formula is C27H39N3O5. The number of amides is 3. The molecule has 0 radical (unpaired) electrons. The third kappa shape index (κ3) is 5.22. The summed E-state index contributed by atoms with van der Waals surface area (Å²) in [5, 5.41) is 16.0. The van der Waals surface area contributed by atoms with Crippen molar-refractivity contribution in [1.82, 2.24) is 10.2 Å². The molecule has 1 aromatic rings. The monoisotopic (exact) mass is 485 g/mol. The lowest BCUT2D eigenvalue weighted by Gasteiger charge is -2.36. The van der Waals surface area contributed by atoms with E-state index < -0.39 is 29.8 Å². The van der Waals surface area contributed by atoms with E-state index in [0.717, 1.165) is 19.3 Å². The lowest BCUT2D eigenvalue weighted by molar-refractivity contribution is -0.143. The normalized spacial score (nSPS) is 27.2. The molecule has 3 N–H and O–H groups in total. The Morgan fingerprint density at radius 3 is 2.37 bits per heavy atom. The average Bonchev–Trinajstić information content (AvgIpc) is 3.16. The molecule has 1 fully saturated rings. The first kappa shape index (κ1) is 26.7. The predicted octanol–water partition coefficient (Wildman–Crippen LogP) is 2.83. The average molecular weight is 486 g/mol. The van der Waals surface area contributed by atoms with Crippen LogP contribution in [-0.4, -0.2) is 60.6 Å². The van der Waals surface area contributed by atoms with Gasteiger partial charge in [0, 0.05) is 18.7 Å². The van der Waals surface area contributed by atoms with E-state index >= 15 is 0 Å². The number of carbonyl (C=O) groups is 3. The zero-order valence-electron chi connectivity index (χ0n) is 21.4. The summed E-state index contributed by atoms with van der Waals surface area (Å²) >= 11 is 0. The number of benzene rings is 1. The highest BCUT2D eigenvalue weighted by Gasteiger charge is 2.58. The van der Waals surface area contributed by atoms with Gasteiger partial charge in [-0.25, -0.2) is 0 Å². The van der Waals surface area contributed by atoms with Gasteiger partial charge in [-0.2, -0.15) is 0 Å². The van der Waals surface area contributed by atoms with Crippen LogP contribution in [0.4, 0.5) is 5.69 Å². The number of nitrogens with one attached hydrogen (secondary N) is 2. The zero-order valence-corrected chi connectivity index (χ0v) is 21.4. The summed E-state index contributed by atoms with van der Waals surface area (Å²) in [6, 6.07) is 5.65. The number of carbonyl (C=O) groups excluding carboxylic acids is 3. The van der Waals surface area contributed by atoms with Crippen LogP contribution in [0.1, 0.15) is 40.0 Å². The Labute approximate surface area is 208 Å². The van der Waals surface area contributed by atoms with Gasteiger partial charge in [0.15, 0.2) is 0 Å². The van der Waals surface area contributed by atoms with Gasteiger partial charge in [0.1, 0.15) is 11.8 Å². The number of fused-ring (bicyclic) bond motifs is 1. The van der Waals surface area contributed by atoms with Crippen molar-refractivity contribution in [3.8, 4) is 5.75 Å². The number of methoxy groups -OCH3 is 1. The van der Waals surface area contributed by atoms with Gasteiger partial charge < -0.3 is 25.4 Å². The number of hydrogen-bond acceptors (Lipinski definition) is 5. The predicted molar refractivity (Wildman–Crippen MR) is 135 cm³/mol. The van der Waals surface area contributed by atoms with Crippen LogP contribution >= 0.6 is 0 Å². The SMILES string of the molecule is CCC[C@@H]1C=C[C@H]2[C@@H](C(=O)N([C@@H](CO)[C@@H](C)CC)[C@@H]2C(=O)Nc2ccc(OC)cc2)[C@@H]1C(=O)NC. The van der Waals surface area contributed by atoms with Crippen LogP contribution in [0.3, 0.4) is 0 Å². The number of hydrogen-bond donors (Lipinski definition) is 3. The van der Waals surface area contributed by atoms with Crippen molar-refractivity contribution in [2.75, 3.05) is 26.1 Å². The Kier molecular flexibility index (Phi) is 8.94.